The van der Waals surface area contributed by atoms with E-state index in [2.05, 4.69) is 26.6 Å². The number of halogens is 1. The minimum atomic E-state index is -0.423. The van der Waals surface area contributed by atoms with Crippen molar-refractivity contribution in [3.05, 3.63) is 10.0 Å². The normalized spacial score (nSPS) is 17.2. The molecule has 1 aromatic heterocycles. The summed E-state index contributed by atoms with van der Waals surface area (Å²) in [5, 5.41) is 1.03. The molecule has 2 rings (SSSR count). The van der Waals surface area contributed by atoms with Crippen molar-refractivity contribution in [2.75, 3.05) is 45.2 Å². The zero-order chi connectivity index (χ0) is 12.4. The first-order valence-corrected chi connectivity index (χ1v) is 6.49. The minimum absolute atomic E-state index is 0.232. The monoisotopic (exact) mass is 275 g/mol. The molecule has 17 heavy (non-hydrogen) atoms. The number of nitrogens with zero attached hydrogens (tertiary/aromatic N) is 3. The number of hydrogen-bond donors (Lipinski definition) is 0. The Balaban J connectivity index is 2.14. The van der Waals surface area contributed by atoms with Crippen molar-refractivity contribution in [3.63, 3.8) is 0 Å². The van der Waals surface area contributed by atoms with Gasteiger partial charge in [-0.05, 0) is 7.05 Å². The van der Waals surface area contributed by atoms with Crippen LogP contribution < -0.4 is 4.90 Å². The van der Waals surface area contributed by atoms with Crippen molar-refractivity contribution in [1.29, 1.82) is 0 Å². The van der Waals surface area contributed by atoms with E-state index in [4.69, 9.17) is 11.6 Å². The fraction of sp³-hybridized carbons (Fsp3) is 0.600. The molecule has 5 nitrogen and oxygen atoms in total. The summed E-state index contributed by atoms with van der Waals surface area (Å²) in [5.74, 6) is -0.423. The van der Waals surface area contributed by atoms with Crippen molar-refractivity contribution in [2.45, 2.75) is 0 Å². The van der Waals surface area contributed by atoms with E-state index in [-0.39, 0.29) is 5.15 Å². The van der Waals surface area contributed by atoms with Gasteiger partial charge in [0.2, 0.25) is 0 Å². The van der Waals surface area contributed by atoms with Crippen molar-refractivity contribution >= 4 is 34.0 Å². The quantitative estimate of drug-likeness (QED) is 0.762. The minimum Gasteiger partial charge on any atom is -0.465 e. The molecule has 0 aliphatic carbocycles. The molecule has 0 atom stereocenters. The van der Waals surface area contributed by atoms with Crippen LogP contribution in [0.25, 0.3) is 0 Å². The van der Waals surface area contributed by atoms with Crippen molar-refractivity contribution in [3.8, 4) is 0 Å². The highest BCUT2D eigenvalue weighted by Crippen LogP contribution is 2.30. The zero-order valence-electron chi connectivity index (χ0n) is 9.77. The highest BCUT2D eigenvalue weighted by atomic mass is 35.5. The number of piperazine rings is 1. The lowest BCUT2D eigenvalue weighted by molar-refractivity contribution is 0.0606. The summed E-state index contributed by atoms with van der Waals surface area (Å²) in [6.07, 6.45) is 0. The summed E-state index contributed by atoms with van der Waals surface area (Å²) in [4.78, 5) is 20.4. The van der Waals surface area contributed by atoms with Crippen LogP contribution in [0.15, 0.2) is 0 Å². The van der Waals surface area contributed by atoms with Gasteiger partial charge < -0.3 is 14.5 Å². The second-order valence-electron chi connectivity index (χ2n) is 3.90. The SMILES string of the molecule is COC(=O)c1sc(N2CCN(C)CC2)nc1Cl. The van der Waals surface area contributed by atoms with Gasteiger partial charge in [-0.15, -0.1) is 0 Å². The first-order chi connectivity index (χ1) is 8.11. The van der Waals surface area contributed by atoms with E-state index >= 15 is 0 Å². The highest BCUT2D eigenvalue weighted by molar-refractivity contribution is 7.18. The number of methoxy groups -OCH3 is 1. The number of carbonyl (C=O) groups is 1. The van der Waals surface area contributed by atoms with Gasteiger partial charge in [0, 0.05) is 26.2 Å². The predicted molar refractivity (Wildman–Crippen MR) is 68.2 cm³/mol. The molecule has 0 aromatic carbocycles. The second kappa shape index (κ2) is 5.20. The van der Waals surface area contributed by atoms with Gasteiger partial charge >= 0.3 is 5.97 Å². The summed E-state index contributed by atoms with van der Waals surface area (Å²) in [5.41, 5.74) is 0. The molecule has 0 spiro atoms. The molecule has 1 fully saturated rings. The lowest BCUT2D eigenvalue weighted by Gasteiger charge is -2.31. The van der Waals surface area contributed by atoms with Gasteiger partial charge in [0.05, 0.1) is 7.11 Å². The van der Waals surface area contributed by atoms with Crippen LogP contribution in [-0.4, -0.2) is 56.2 Å². The smallest absolute Gasteiger partial charge is 0.351 e. The van der Waals surface area contributed by atoms with Gasteiger partial charge in [-0.3, -0.25) is 0 Å². The number of rotatable bonds is 2. The molecule has 0 N–H and O–H groups in total. The summed E-state index contributed by atoms with van der Waals surface area (Å²) >= 11 is 7.22. The Kier molecular flexibility index (Phi) is 3.86. The molecule has 1 aliphatic rings. The summed E-state index contributed by atoms with van der Waals surface area (Å²) in [6, 6.07) is 0. The van der Waals surface area contributed by atoms with Crippen LogP contribution in [0.3, 0.4) is 0 Å². The zero-order valence-corrected chi connectivity index (χ0v) is 11.3. The predicted octanol–water partition coefficient (Wildman–Crippen LogP) is 1.33. The van der Waals surface area contributed by atoms with Crippen LogP contribution in [0, 0.1) is 0 Å². The third kappa shape index (κ3) is 2.70. The molecule has 2 heterocycles. The van der Waals surface area contributed by atoms with Crippen LogP contribution in [0.4, 0.5) is 5.13 Å². The molecule has 0 unspecified atom stereocenters. The lowest BCUT2D eigenvalue weighted by atomic mass is 10.3. The molecule has 1 saturated heterocycles. The van der Waals surface area contributed by atoms with E-state index in [0.717, 1.165) is 31.3 Å². The maximum Gasteiger partial charge on any atom is 0.351 e. The molecule has 0 amide bonds. The van der Waals surface area contributed by atoms with Crippen molar-refractivity contribution < 1.29 is 9.53 Å². The molecule has 7 heteroatoms. The van der Waals surface area contributed by atoms with Gasteiger partial charge in [0.15, 0.2) is 15.2 Å². The molecule has 1 aliphatic heterocycles. The van der Waals surface area contributed by atoms with E-state index in [9.17, 15) is 4.79 Å². The Bertz CT molecular complexity index is 416. The molecule has 94 valence electrons. The largest absolute Gasteiger partial charge is 0.465 e. The molecular weight excluding hydrogens is 262 g/mol. The van der Waals surface area contributed by atoms with Crippen LogP contribution in [-0.2, 0) is 4.74 Å². The van der Waals surface area contributed by atoms with Crippen molar-refractivity contribution in [1.82, 2.24) is 9.88 Å². The maximum atomic E-state index is 11.4. The number of anilines is 1. The number of likely N-dealkylation sites (N-methyl/N-ethyl adjacent to an activating group) is 1. The van der Waals surface area contributed by atoms with E-state index in [1.165, 1.54) is 18.4 Å². The maximum absolute atomic E-state index is 11.4. The number of hydrogen-bond acceptors (Lipinski definition) is 6. The third-order valence-corrected chi connectivity index (χ3v) is 4.20. The Labute approximate surface area is 109 Å². The van der Waals surface area contributed by atoms with Gasteiger partial charge in [0.25, 0.3) is 0 Å². The molecular formula is C10H14ClN3O2S. The van der Waals surface area contributed by atoms with Crippen LogP contribution >= 0.6 is 22.9 Å². The molecule has 0 radical (unpaired) electrons. The van der Waals surface area contributed by atoms with Crippen LogP contribution in [0.5, 0.6) is 0 Å². The Morgan fingerprint density at radius 1 is 1.41 bits per heavy atom. The number of carbonyl (C=O) groups excluding carboxylic acids is 1. The first kappa shape index (κ1) is 12.6. The summed E-state index contributed by atoms with van der Waals surface area (Å²) in [6.45, 7) is 3.79. The third-order valence-electron chi connectivity index (χ3n) is 2.72. The van der Waals surface area contributed by atoms with E-state index in [1.54, 1.807) is 0 Å². The number of ether oxygens (including phenoxy) is 1. The van der Waals surface area contributed by atoms with E-state index < -0.39 is 5.97 Å². The van der Waals surface area contributed by atoms with Gasteiger partial charge in [0.1, 0.15) is 0 Å². The molecule has 1 aromatic rings. The molecule has 0 bridgehead atoms. The van der Waals surface area contributed by atoms with Crippen LogP contribution in [0.1, 0.15) is 9.67 Å². The topological polar surface area (TPSA) is 45.7 Å². The van der Waals surface area contributed by atoms with Crippen molar-refractivity contribution in [2.24, 2.45) is 0 Å². The van der Waals surface area contributed by atoms with E-state index in [0.29, 0.717) is 4.88 Å². The van der Waals surface area contributed by atoms with E-state index in [1.807, 2.05) is 0 Å². The molecule has 0 saturated carbocycles. The average Bonchev–Trinajstić information content (AvgIpc) is 2.71. The van der Waals surface area contributed by atoms with Gasteiger partial charge in [-0.1, -0.05) is 22.9 Å². The van der Waals surface area contributed by atoms with Gasteiger partial charge in [-0.25, -0.2) is 9.78 Å². The average molecular weight is 276 g/mol. The lowest BCUT2D eigenvalue weighted by Crippen LogP contribution is -2.44. The number of aromatic nitrogens is 1. The summed E-state index contributed by atoms with van der Waals surface area (Å²) < 4.78 is 4.66. The second-order valence-corrected chi connectivity index (χ2v) is 5.23. The van der Waals surface area contributed by atoms with Crippen LogP contribution in [0.2, 0.25) is 5.15 Å². The highest BCUT2D eigenvalue weighted by Gasteiger charge is 2.22. The number of esters is 1. The first-order valence-electron chi connectivity index (χ1n) is 5.30. The van der Waals surface area contributed by atoms with Gasteiger partial charge in [-0.2, -0.15) is 0 Å². The summed E-state index contributed by atoms with van der Waals surface area (Å²) in [7, 11) is 3.43. The number of thiazole rings is 1. The fourth-order valence-corrected chi connectivity index (χ4v) is 2.89. The standard InChI is InChI=1S/C10H14ClN3O2S/c1-13-3-5-14(6-4-13)10-12-8(11)7(17-10)9(15)16-2/h3-6H2,1-2H3. The Morgan fingerprint density at radius 3 is 2.65 bits per heavy atom. The Hall–Kier alpha value is -0.850. The fourth-order valence-electron chi connectivity index (χ4n) is 1.64. The Morgan fingerprint density at radius 2 is 2.06 bits per heavy atom.